The minimum atomic E-state index is -3.81. The molecule has 2 amide bonds. The van der Waals surface area contributed by atoms with Crippen LogP contribution in [0.4, 0.5) is 5.69 Å². The number of likely N-dealkylation sites (N-methyl/N-ethyl adjacent to an activating group) is 1. The van der Waals surface area contributed by atoms with Crippen LogP contribution >= 0.6 is 23.2 Å². The first-order valence-corrected chi connectivity index (χ1v) is 12.6. The van der Waals surface area contributed by atoms with Crippen LogP contribution < -0.4 is 9.62 Å². The van der Waals surface area contributed by atoms with Gasteiger partial charge in [-0.1, -0.05) is 54.4 Å². The van der Waals surface area contributed by atoms with Crippen molar-refractivity contribution in [2.24, 2.45) is 0 Å². The number of anilines is 1. The molecule has 32 heavy (non-hydrogen) atoms. The molecule has 0 saturated carbocycles. The van der Waals surface area contributed by atoms with Gasteiger partial charge in [-0.2, -0.15) is 0 Å². The van der Waals surface area contributed by atoms with Crippen molar-refractivity contribution in [1.29, 1.82) is 0 Å². The molecule has 2 aromatic rings. The fraction of sp³-hybridized carbons (Fsp3) is 0.364. The van der Waals surface area contributed by atoms with Crippen LogP contribution in [-0.2, 0) is 26.2 Å². The zero-order valence-electron chi connectivity index (χ0n) is 18.4. The summed E-state index contributed by atoms with van der Waals surface area (Å²) in [6.07, 6.45) is 1.35. The average Bonchev–Trinajstić information content (AvgIpc) is 2.74. The maximum atomic E-state index is 13.4. The van der Waals surface area contributed by atoms with Crippen molar-refractivity contribution < 1.29 is 18.0 Å². The predicted molar refractivity (Wildman–Crippen MR) is 129 cm³/mol. The van der Waals surface area contributed by atoms with Gasteiger partial charge in [0.15, 0.2) is 0 Å². The van der Waals surface area contributed by atoms with E-state index in [1.165, 1.54) is 18.0 Å². The molecule has 0 aromatic heterocycles. The molecular formula is C22H27Cl2N3O4S. The van der Waals surface area contributed by atoms with E-state index in [0.29, 0.717) is 22.0 Å². The van der Waals surface area contributed by atoms with Crippen LogP contribution in [0.15, 0.2) is 42.5 Å². The zero-order valence-corrected chi connectivity index (χ0v) is 20.8. The van der Waals surface area contributed by atoms with Crippen LogP contribution in [0.1, 0.15) is 24.5 Å². The van der Waals surface area contributed by atoms with Crippen molar-refractivity contribution in [2.45, 2.75) is 32.9 Å². The summed E-state index contributed by atoms with van der Waals surface area (Å²) >= 11 is 12.5. The van der Waals surface area contributed by atoms with Crippen molar-refractivity contribution in [3.8, 4) is 0 Å². The summed E-state index contributed by atoms with van der Waals surface area (Å²) in [7, 11) is -2.33. The van der Waals surface area contributed by atoms with Crippen molar-refractivity contribution >= 4 is 50.7 Å². The highest BCUT2D eigenvalue weighted by Gasteiger charge is 2.31. The summed E-state index contributed by atoms with van der Waals surface area (Å²) in [6.45, 7) is 3.14. The molecule has 0 radical (unpaired) electrons. The number of hydrogen-bond acceptors (Lipinski definition) is 4. The number of amides is 2. The van der Waals surface area contributed by atoms with Crippen LogP contribution in [0.5, 0.6) is 0 Å². The van der Waals surface area contributed by atoms with Gasteiger partial charge in [-0.15, -0.1) is 0 Å². The normalized spacial score (nSPS) is 12.2. The van der Waals surface area contributed by atoms with Crippen LogP contribution in [0, 0.1) is 6.92 Å². The van der Waals surface area contributed by atoms with Crippen molar-refractivity contribution in [3.63, 3.8) is 0 Å². The third-order valence-electron chi connectivity index (χ3n) is 5.05. The van der Waals surface area contributed by atoms with Crippen LogP contribution in [-0.4, -0.2) is 51.0 Å². The lowest BCUT2D eigenvalue weighted by Gasteiger charge is -2.32. The van der Waals surface area contributed by atoms with Gasteiger partial charge in [0.25, 0.3) is 0 Å². The van der Waals surface area contributed by atoms with Gasteiger partial charge in [0.1, 0.15) is 12.6 Å². The molecule has 0 aliphatic heterocycles. The van der Waals surface area contributed by atoms with E-state index in [1.54, 1.807) is 50.2 Å². The Morgan fingerprint density at radius 3 is 2.28 bits per heavy atom. The highest BCUT2D eigenvalue weighted by Crippen LogP contribution is 2.26. The largest absolute Gasteiger partial charge is 0.357 e. The zero-order chi connectivity index (χ0) is 24.1. The Hall–Kier alpha value is -2.29. The quantitative estimate of drug-likeness (QED) is 0.570. The second-order valence-electron chi connectivity index (χ2n) is 7.35. The summed E-state index contributed by atoms with van der Waals surface area (Å²) in [5.41, 5.74) is 1.69. The van der Waals surface area contributed by atoms with E-state index in [4.69, 9.17) is 23.2 Å². The molecule has 0 saturated heterocycles. The Labute approximate surface area is 199 Å². The maximum Gasteiger partial charge on any atom is 0.244 e. The molecule has 10 heteroatoms. The van der Waals surface area contributed by atoms with E-state index >= 15 is 0 Å². The van der Waals surface area contributed by atoms with Crippen molar-refractivity contribution in [3.05, 3.63) is 63.6 Å². The van der Waals surface area contributed by atoms with E-state index < -0.39 is 28.5 Å². The van der Waals surface area contributed by atoms with E-state index in [0.717, 1.165) is 16.1 Å². The van der Waals surface area contributed by atoms with E-state index in [-0.39, 0.29) is 18.1 Å². The lowest BCUT2D eigenvalue weighted by molar-refractivity contribution is -0.140. The number of halogens is 2. The Kier molecular flexibility index (Phi) is 8.95. The van der Waals surface area contributed by atoms with Crippen LogP contribution in [0.2, 0.25) is 10.0 Å². The second kappa shape index (κ2) is 11.0. The van der Waals surface area contributed by atoms with Gasteiger partial charge in [0.05, 0.1) is 11.9 Å². The van der Waals surface area contributed by atoms with Gasteiger partial charge in [0, 0.05) is 23.6 Å². The first-order chi connectivity index (χ1) is 15.0. The topological polar surface area (TPSA) is 86.8 Å². The molecule has 0 aliphatic rings. The number of carbonyl (C=O) groups excluding carboxylic acids is 2. The minimum Gasteiger partial charge on any atom is -0.357 e. The number of benzene rings is 2. The van der Waals surface area contributed by atoms with Gasteiger partial charge in [-0.05, 0) is 42.7 Å². The molecule has 7 nitrogen and oxygen atoms in total. The highest BCUT2D eigenvalue weighted by molar-refractivity contribution is 7.92. The number of nitrogens with zero attached hydrogens (tertiary/aromatic N) is 2. The van der Waals surface area contributed by atoms with Gasteiger partial charge in [0.2, 0.25) is 21.8 Å². The molecule has 1 atom stereocenters. The number of aryl methyl sites for hydroxylation is 1. The van der Waals surface area contributed by atoms with Crippen molar-refractivity contribution in [2.75, 3.05) is 24.2 Å². The van der Waals surface area contributed by atoms with Gasteiger partial charge in [-0.3, -0.25) is 13.9 Å². The fourth-order valence-corrected chi connectivity index (χ4v) is 4.46. The number of sulfonamides is 1. The molecule has 1 N–H and O–H groups in total. The summed E-state index contributed by atoms with van der Waals surface area (Å²) in [5.74, 6) is -0.889. The van der Waals surface area contributed by atoms with Crippen LogP contribution in [0.3, 0.4) is 0 Å². The molecule has 0 fully saturated rings. The summed E-state index contributed by atoms with van der Waals surface area (Å²) in [5, 5.41) is 3.39. The smallest absolute Gasteiger partial charge is 0.244 e. The number of hydrogen-bond donors (Lipinski definition) is 1. The van der Waals surface area contributed by atoms with Crippen LogP contribution in [0.25, 0.3) is 0 Å². The summed E-state index contributed by atoms with van der Waals surface area (Å²) in [4.78, 5) is 27.3. The molecule has 2 rings (SSSR count). The molecule has 0 heterocycles. The van der Waals surface area contributed by atoms with E-state index in [9.17, 15) is 18.0 Å². The Balaban J connectivity index is 2.46. The SMILES string of the molecule is CCC(C(=O)NC)N(Cc1ccccc1Cl)C(=O)CN(c1ccc(C)c(Cl)c1)S(C)(=O)=O. The standard InChI is InChI=1S/C22H27Cl2N3O4S/c1-5-20(22(29)25-3)26(13-16-8-6-7-9-18(16)23)21(28)14-27(32(4,30)31)17-11-10-15(2)19(24)12-17/h6-12,20H,5,13-14H2,1-4H3,(H,25,29). The Bertz CT molecular complexity index is 1090. The third kappa shape index (κ3) is 6.37. The average molecular weight is 500 g/mol. The molecule has 0 aliphatic carbocycles. The molecule has 2 aromatic carbocycles. The molecule has 1 unspecified atom stereocenters. The first-order valence-electron chi connectivity index (χ1n) is 9.97. The molecular weight excluding hydrogens is 473 g/mol. The first kappa shape index (κ1) is 26.0. The monoisotopic (exact) mass is 499 g/mol. The summed E-state index contributed by atoms with van der Waals surface area (Å²) in [6, 6.07) is 11.0. The molecule has 0 spiro atoms. The lowest BCUT2D eigenvalue weighted by Crippen LogP contribution is -2.51. The van der Waals surface area contributed by atoms with Gasteiger partial charge >= 0.3 is 0 Å². The number of carbonyl (C=O) groups is 2. The number of nitrogens with one attached hydrogen (secondary N) is 1. The van der Waals surface area contributed by atoms with Crippen molar-refractivity contribution in [1.82, 2.24) is 10.2 Å². The Morgan fingerprint density at radius 2 is 1.75 bits per heavy atom. The minimum absolute atomic E-state index is 0.0523. The fourth-order valence-electron chi connectivity index (χ4n) is 3.25. The lowest BCUT2D eigenvalue weighted by atomic mass is 10.1. The number of rotatable bonds is 9. The van der Waals surface area contributed by atoms with E-state index in [1.807, 2.05) is 0 Å². The Morgan fingerprint density at radius 1 is 1.09 bits per heavy atom. The van der Waals surface area contributed by atoms with Gasteiger partial charge < -0.3 is 10.2 Å². The maximum absolute atomic E-state index is 13.4. The molecule has 0 bridgehead atoms. The highest BCUT2D eigenvalue weighted by atomic mass is 35.5. The summed E-state index contributed by atoms with van der Waals surface area (Å²) < 4.78 is 26.1. The second-order valence-corrected chi connectivity index (χ2v) is 10.1. The predicted octanol–water partition coefficient (Wildman–Crippen LogP) is 3.62. The molecule has 174 valence electrons. The van der Waals surface area contributed by atoms with E-state index in [2.05, 4.69) is 5.32 Å². The third-order valence-corrected chi connectivity index (χ3v) is 6.97. The van der Waals surface area contributed by atoms with Gasteiger partial charge in [-0.25, -0.2) is 8.42 Å².